The molecule has 1 atom stereocenters. The van der Waals surface area contributed by atoms with E-state index in [0.717, 1.165) is 19.4 Å². The summed E-state index contributed by atoms with van der Waals surface area (Å²) in [6.07, 6.45) is 3.35. The van der Waals surface area contributed by atoms with E-state index in [4.69, 9.17) is 11.6 Å². The van der Waals surface area contributed by atoms with Crippen molar-refractivity contribution in [2.24, 2.45) is 0 Å². The third kappa shape index (κ3) is 4.51. The standard InChI is InChI=1S/C15H22ClN3OS/c1-3-8-17-12-6-5-11(16)13(19-12)14(20)18-10-15(2)7-4-9-21-15/h5-6H,3-4,7-10H2,1-2H3,(H,17,19)(H,18,20). The van der Waals surface area contributed by atoms with Gasteiger partial charge in [0, 0.05) is 17.8 Å². The monoisotopic (exact) mass is 327 g/mol. The van der Waals surface area contributed by atoms with Crippen LogP contribution < -0.4 is 10.6 Å². The largest absolute Gasteiger partial charge is 0.370 e. The molecule has 0 aromatic carbocycles. The summed E-state index contributed by atoms with van der Waals surface area (Å²) in [5.41, 5.74) is 0.296. The smallest absolute Gasteiger partial charge is 0.271 e. The third-order valence-corrected chi connectivity index (χ3v) is 5.38. The lowest BCUT2D eigenvalue weighted by molar-refractivity contribution is 0.0945. The van der Waals surface area contributed by atoms with E-state index in [1.165, 1.54) is 12.2 Å². The highest BCUT2D eigenvalue weighted by molar-refractivity contribution is 8.00. The second-order valence-electron chi connectivity index (χ2n) is 5.54. The van der Waals surface area contributed by atoms with E-state index in [9.17, 15) is 4.79 Å². The van der Waals surface area contributed by atoms with Gasteiger partial charge in [0.25, 0.3) is 5.91 Å². The first-order valence-corrected chi connectivity index (χ1v) is 8.73. The first-order chi connectivity index (χ1) is 10.0. The fourth-order valence-corrected chi connectivity index (χ4v) is 3.72. The zero-order valence-corrected chi connectivity index (χ0v) is 14.1. The molecule has 1 aromatic heterocycles. The number of hydrogen-bond donors (Lipinski definition) is 2. The van der Waals surface area contributed by atoms with Gasteiger partial charge >= 0.3 is 0 Å². The second-order valence-corrected chi connectivity index (χ2v) is 7.63. The van der Waals surface area contributed by atoms with Crippen molar-refractivity contribution in [3.05, 3.63) is 22.8 Å². The van der Waals surface area contributed by atoms with Crippen LogP contribution in [-0.4, -0.2) is 34.5 Å². The van der Waals surface area contributed by atoms with Crippen molar-refractivity contribution in [1.29, 1.82) is 0 Å². The second kappa shape index (κ2) is 7.36. The molecule has 0 bridgehead atoms. The number of thioether (sulfide) groups is 1. The normalized spacial score (nSPS) is 21.3. The van der Waals surface area contributed by atoms with Crippen molar-refractivity contribution in [3.8, 4) is 0 Å². The van der Waals surface area contributed by atoms with Gasteiger partial charge in [-0.15, -0.1) is 0 Å². The summed E-state index contributed by atoms with van der Waals surface area (Å²) in [5, 5.41) is 6.53. The first kappa shape index (κ1) is 16.4. The molecule has 1 amide bonds. The van der Waals surface area contributed by atoms with Crippen molar-refractivity contribution in [1.82, 2.24) is 10.3 Å². The summed E-state index contributed by atoms with van der Waals surface area (Å²) < 4.78 is 0.139. The molecule has 1 aliphatic rings. The van der Waals surface area contributed by atoms with Gasteiger partial charge in [0.1, 0.15) is 11.5 Å². The third-order valence-electron chi connectivity index (χ3n) is 3.54. The number of pyridine rings is 1. The van der Waals surface area contributed by atoms with Gasteiger partial charge in [-0.05, 0) is 44.1 Å². The molecule has 2 heterocycles. The van der Waals surface area contributed by atoms with E-state index in [2.05, 4.69) is 29.5 Å². The highest BCUT2D eigenvalue weighted by atomic mass is 35.5. The number of hydrogen-bond acceptors (Lipinski definition) is 4. The van der Waals surface area contributed by atoms with Gasteiger partial charge < -0.3 is 10.6 Å². The van der Waals surface area contributed by atoms with Gasteiger partial charge in [0.2, 0.25) is 0 Å². The molecule has 1 unspecified atom stereocenters. The van der Waals surface area contributed by atoms with Crippen LogP contribution in [0.25, 0.3) is 0 Å². The molecule has 1 fully saturated rings. The summed E-state index contributed by atoms with van der Waals surface area (Å²) >= 11 is 8.02. The Morgan fingerprint density at radius 1 is 1.52 bits per heavy atom. The van der Waals surface area contributed by atoms with Crippen LogP contribution in [0.5, 0.6) is 0 Å². The zero-order chi connectivity index (χ0) is 15.3. The maximum atomic E-state index is 12.3. The number of carbonyl (C=O) groups is 1. The van der Waals surface area contributed by atoms with E-state index in [1.807, 2.05) is 11.8 Å². The molecule has 1 saturated heterocycles. The summed E-state index contributed by atoms with van der Waals surface area (Å²) in [6, 6.07) is 3.51. The van der Waals surface area contributed by atoms with E-state index in [0.29, 0.717) is 23.1 Å². The number of halogens is 1. The molecular formula is C15H22ClN3OS. The minimum atomic E-state index is -0.200. The Kier molecular flexibility index (Phi) is 5.76. The van der Waals surface area contributed by atoms with Gasteiger partial charge in [0.05, 0.1) is 5.02 Å². The molecule has 0 radical (unpaired) electrons. The molecule has 1 aromatic rings. The van der Waals surface area contributed by atoms with Crippen molar-refractivity contribution in [3.63, 3.8) is 0 Å². The molecule has 2 rings (SSSR count). The molecule has 0 saturated carbocycles. The fraction of sp³-hybridized carbons (Fsp3) is 0.600. The number of nitrogens with one attached hydrogen (secondary N) is 2. The number of amides is 1. The lowest BCUT2D eigenvalue weighted by Crippen LogP contribution is -2.37. The molecule has 2 N–H and O–H groups in total. The Labute approximate surface area is 135 Å². The number of aromatic nitrogens is 1. The number of rotatable bonds is 6. The highest BCUT2D eigenvalue weighted by Gasteiger charge is 2.30. The van der Waals surface area contributed by atoms with Crippen LogP contribution in [0.4, 0.5) is 5.82 Å². The lowest BCUT2D eigenvalue weighted by Gasteiger charge is -2.22. The first-order valence-electron chi connectivity index (χ1n) is 7.37. The number of nitrogens with zero attached hydrogens (tertiary/aromatic N) is 1. The van der Waals surface area contributed by atoms with E-state index >= 15 is 0 Å². The predicted octanol–water partition coefficient (Wildman–Crippen LogP) is 3.57. The number of anilines is 1. The lowest BCUT2D eigenvalue weighted by atomic mass is 10.1. The van der Waals surface area contributed by atoms with Crippen LogP contribution >= 0.6 is 23.4 Å². The average Bonchev–Trinajstić information content (AvgIpc) is 2.91. The summed E-state index contributed by atoms with van der Waals surface area (Å²) in [5.74, 6) is 1.66. The fourth-order valence-electron chi connectivity index (χ4n) is 2.28. The maximum Gasteiger partial charge on any atom is 0.271 e. The van der Waals surface area contributed by atoms with E-state index in [-0.39, 0.29) is 10.7 Å². The van der Waals surface area contributed by atoms with Crippen LogP contribution in [-0.2, 0) is 0 Å². The minimum Gasteiger partial charge on any atom is -0.370 e. The van der Waals surface area contributed by atoms with Gasteiger partial charge in [-0.2, -0.15) is 11.8 Å². The molecule has 1 aliphatic heterocycles. The summed E-state index contributed by atoms with van der Waals surface area (Å²) in [4.78, 5) is 16.6. The minimum absolute atomic E-state index is 0.139. The van der Waals surface area contributed by atoms with E-state index < -0.39 is 0 Å². The van der Waals surface area contributed by atoms with Crippen molar-refractivity contribution < 1.29 is 4.79 Å². The Morgan fingerprint density at radius 2 is 2.33 bits per heavy atom. The molecule has 0 aliphatic carbocycles. The van der Waals surface area contributed by atoms with Crippen molar-refractivity contribution >= 4 is 35.1 Å². The molecule has 4 nitrogen and oxygen atoms in total. The van der Waals surface area contributed by atoms with Crippen LogP contribution in [0.15, 0.2) is 12.1 Å². The highest BCUT2D eigenvalue weighted by Crippen LogP contribution is 2.37. The molecular weight excluding hydrogens is 306 g/mol. The number of carbonyl (C=O) groups excluding carboxylic acids is 1. The Morgan fingerprint density at radius 3 is 3.00 bits per heavy atom. The summed E-state index contributed by atoms with van der Waals surface area (Å²) in [7, 11) is 0. The van der Waals surface area contributed by atoms with Crippen molar-refractivity contribution in [2.45, 2.75) is 37.9 Å². The predicted molar refractivity (Wildman–Crippen MR) is 90.5 cm³/mol. The molecule has 116 valence electrons. The van der Waals surface area contributed by atoms with Crippen LogP contribution in [0.3, 0.4) is 0 Å². The van der Waals surface area contributed by atoms with Crippen LogP contribution in [0.2, 0.25) is 5.02 Å². The quantitative estimate of drug-likeness (QED) is 0.838. The average molecular weight is 328 g/mol. The van der Waals surface area contributed by atoms with Crippen molar-refractivity contribution in [2.75, 3.05) is 24.2 Å². The van der Waals surface area contributed by atoms with Gasteiger partial charge in [-0.25, -0.2) is 4.98 Å². The zero-order valence-electron chi connectivity index (χ0n) is 12.5. The molecule has 0 spiro atoms. The Hall–Kier alpha value is -0.940. The van der Waals surface area contributed by atoms with Gasteiger partial charge in [0.15, 0.2) is 0 Å². The SMILES string of the molecule is CCCNc1ccc(Cl)c(C(=O)NCC2(C)CCCS2)n1. The van der Waals surface area contributed by atoms with Crippen LogP contribution in [0, 0.1) is 0 Å². The van der Waals surface area contributed by atoms with Gasteiger partial charge in [-0.1, -0.05) is 18.5 Å². The Balaban J connectivity index is 2.00. The molecule has 6 heteroatoms. The maximum absolute atomic E-state index is 12.3. The van der Waals surface area contributed by atoms with Crippen LogP contribution in [0.1, 0.15) is 43.6 Å². The molecule has 21 heavy (non-hydrogen) atoms. The van der Waals surface area contributed by atoms with Gasteiger partial charge in [-0.3, -0.25) is 4.79 Å². The Bertz CT molecular complexity index is 504. The topological polar surface area (TPSA) is 54.0 Å². The van der Waals surface area contributed by atoms with E-state index in [1.54, 1.807) is 12.1 Å². The summed E-state index contributed by atoms with van der Waals surface area (Å²) in [6.45, 7) is 5.75.